The molecule has 2 aromatic carbocycles. The number of carbonyl (C=O) groups excluding carboxylic acids is 1. The van der Waals surface area contributed by atoms with Gasteiger partial charge in [-0.3, -0.25) is 9.59 Å². The zero-order chi connectivity index (χ0) is 22.5. The standard InChI is InChI=1S/C25H25FO5.Na.H/c1-15(2)21-11-8-17(4-3-5-19(27)12-20(28)13-24(29)30)25-22(21)14-23(31-25)16-6-9-18(26)10-7-16;;/h3,5-11,14-15,20,28H,4,12-13H2,1-2H3,(H,29,30);;. The first-order valence-corrected chi connectivity index (χ1v) is 10.1. The Morgan fingerprint density at radius 1 is 1.09 bits per heavy atom. The van der Waals surface area contributed by atoms with Crippen LogP contribution in [-0.4, -0.2) is 57.6 Å². The number of carboxylic acids is 1. The van der Waals surface area contributed by atoms with Crippen molar-refractivity contribution in [2.45, 2.75) is 45.1 Å². The number of carboxylic acid groups (broad SMARTS) is 1. The molecule has 3 rings (SSSR count). The number of hydrogen-bond donors (Lipinski definition) is 2. The van der Waals surface area contributed by atoms with Gasteiger partial charge < -0.3 is 14.6 Å². The molecule has 32 heavy (non-hydrogen) atoms. The fourth-order valence-electron chi connectivity index (χ4n) is 3.51. The van der Waals surface area contributed by atoms with Crippen LogP contribution in [0.2, 0.25) is 0 Å². The van der Waals surface area contributed by atoms with Crippen LogP contribution in [0.15, 0.2) is 59.0 Å². The summed E-state index contributed by atoms with van der Waals surface area (Å²) in [6.07, 6.45) is 1.58. The minimum absolute atomic E-state index is 0. The fourth-order valence-corrected chi connectivity index (χ4v) is 3.51. The van der Waals surface area contributed by atoms with Crippen LogP contribution in [-0.2, 0) is 16.0 Å². The van der Waals surface area contributed by atoms with Gasteiger partial charge >= 0.3 is 35.5 Å². The van der Waals surface area contributed by atoms with E-state index >= 15 is 0 Å². The van der Waals surface area contributed by atoms with E-state index in [4.69, 9.17) is 9.52 Å². The van der Waals surface area contributed by atoms with Crippen LogP contribution < -0.4 is 0 Å². The van der Waals surface area contributed by atoms with E-state index in [2.05, 4.69) is 13.8 Å². The molecule has 0 fully saturated rings. The molecule has 0 bridgehead atoms. The second-order valence-corrected chi connectivity index (χ2v) is 7.86. The number of hydrogen-bond acceptors (Lipinski definition) is 4. The normalized spacial score (nSPS) is 12.3. The summed E-state index contributed by atoms with van der Waals surface area (Å²) in [7, 11) is 0. The van der Waals surface area contributed by atoms with E-state index in [1.807, 2.05) is 18.2 Å². The summed E-state index contributed by atoms with van der Waals surface area (Å²) in [6.45, 7) is 4.19. The number of aliphatic hydroxyl groups excluding tert-OH is 1. The number of fused-ring (bicyclic) bond motifs is 1. The van der Waals surface area contributed by atoms with Gasteiger partial charge in [0, 0.05) is 17.4 Å². The van der Waals surface area contributed by atoms with Crippen LogP contribution in [0.5, 0.6) is 0 Å². The third-order valence-electron chi connectivity index (χ3n) is 5.04. The number of allylic oxidation sites excluding steroid dienone is 2. The van der Waals surface area contributed by atoms with Crippen molar-refractivity contribution in [1.82, 2.24) is 0 Å². The van der Waals surface area contributed by atoms with E-state index in [1.54, 1.807) is 18.2 Å². The van der Waals surface area contributed by atoms with Gasteiger partial charge in [0.05, 0.1) is 12.5 Å². The van der Waals surface area contributed by atoms with Crippen molar-refractivity contribution < 1.29 is 28.6 Å². The topological polar surface area (TPSA) is 87.7 Å². The Bertz CT molecular complexity index is 1120. The Morgan fingerprint density at radius 3 is 2.41 bits per heavy atom. The predicted octanol–water partition coefficient (Wildman–Crippen LogP) is 4.61. The summed E-state index contributed by atoms with van der Waals surface area (Å²) in [5.74, 6) is -0.877. The molecule has 0 aliphatic carbocycles. The summed E-state index contributed by atoms with van der Waals surface area (Å²) in [4.78, 5) is 22.5. The number of furan rings is 1. The van der Waals surface area contributed by atoms with Crippen molar-refractivity contribution in [2.75, 3.05) is 0 Å². The second-order valence-electron chi connectivity index (χ2n) is 7.86. The van der Waals surface area contributed by atoms with Crippen molar-refractivity contribution in [3.05, 3.63) is 71.6 Å². The summed E-state index contributed by atoms with van der Waals surface area (Å²) >= 11 is 0. The van der Waals surface area contributed by atoms with Crippen LogP contribution in [0.25, 0.3) is 22.3 Å². The van der Waals surface area contributed by atoms with Gasteiger partial charge in [-0.05, 0) is 59.9 Å². The third kappa shape index (κ3) is 6.62. The van der Waals surface area contributed by atoms with Crippen LogP contribution in [0.1, 0.15) is 43.7 Å². The summed E-state index contributed by atoms with van der Waals surface area (Å²) in [5.41, 5.74) is 3.51. The summed E-state index contributed by atoms with van der Waals surface area (Å²) in [6, 6.07) is 12.1. The van der Waals surface area contributed by atoms with Crippen molar-refractivity contribution in [3.8, 4) is 11.3 Å². The number of benzene rings is 2. The van der Waals surface area contributed by atoms with Gasteiger partial charge in [-0.15, -0.1) is 0 Å². The number of aliphatic hydroxyl groups is 1. The second kappa shape index (κ2) is 11.6. The number of aliphatic carboxylic acids is 1. The average molecular weight is 448 g/mol. The SMILES string of the molecule is CC(C)c1ccc(CC=CC(=O)CC(O)CC(=O)O)c2oc(-c3ccc(F)cc3)cc12.[NaH]. The molecule has 0 aliphatic rings. The molecular formula is C25H26FNaO5. The van der Waals surface area contributed by atoms with E-state index in [0.29, 0.717) is 17.8 Å². The van der Waals surface area contributed by atoms with E-state index in [1.165, 1.54) is 18.2 Å². The Hall–Kier alpha value is -2.25. The first-order chi connectivity index (χ1) is 14.7. The maximum absolute atomic E-state index is 13.3. The van der Waals surface area contributed by atoms with E-state index in [-0.39, 0.29) is 53.5 Å². The molecule has 2 N–H and O–H groups in total. The summed E-state index contributed by atoms with van der Waals surface area (Å²) in [5, 5.41) is 19.2. The van der Waals surface area contributed by atoms with Crippen LogP contribution in [0.4, 0.5) is 4.39 Å². The number of halogens is 1. The van der Waals surface area contributed by atoms with Crippen LogP contribution in [0, 0.1) is 5.82 Å². The van der Waals surface area contributed by atoms with Gasteiger partial charge in [0.1, 0.15) is 17.2 Å². The molecule has 1 atom stereocenters. The van der Waals surface area contributed by atoms with Crippen molar-refractivity contribution in [2.24, 2.45) is 0 Å². The van der Waals surface area contributed by atoms with Gasteiger partial charge in [0.2, 0.25) is 0 Å². The molecule has 5 nitrogen and oxygen atoms in total. The zero-order valence-electron chi connectivity index (χ0n) is 17.5. The zero-order valence-corrected chi connectivity index (χ0v) is 17.5. The molecule has 1 unspecified atom stereocenters. The Labute approximate surface area is 208 Å². The third-order valence-corrected chi connectivity index (χ3v) is 5.04. The van der Waals surface area contributed by atoms with Gasteiger partial charge in [-0.25, -0.2) is 4.39 Å². The van der Waals surface area contributed by atoms with E-state index < -0.39 is 18.5 Å². The number of carbonyl (C=O) groups is 2. The van der Waals surface area contributed by atoms with Crippen molar-refractivity contribution in [3.63, 3.8) is 0 Å². The Morgan fingerprint density at radius 2 is 1.78 bits per heavy atom. The molecule has 0 amide bonds. The quantitative estimate of drug-likeness (QED) is 0.369. The molecule has 0 aliphatic heterocycles. The minimum atomic E-state index is -1.20. The molecule has 1 heterocycles. The van der Waals surface area contributed by atoms with Crippen LogP contribution in [0.3, 0.4) is 0 Å². The Balaban J connectivity index is 0.00000363. The van der Waals surface area contributed by atoms with Gasteiger partial charge in [0.25, 0.3) is 0 Å². The molecule has 0 saturated carbocycles. The number of rotatable bonds is 9. The molecule has 7 heteroatoms. The van der Waals surface area contributed by atoms with Crippen LogP contribution >= 0.6 is 0 Å². The molecule has 0 spiro atoms. The molecule has 1 aromatic heterocycles. The molecule has 3 aromatic rings. The van der Waals surface area contributed by atoms with E-state index in [9.17, 15) is 19.1 Å². The fraction of sp³-hybridized carbons (Fsp3) is 0.280. The average Bonchev–Trinajstić information content (AvgIpc) is 3.13. The monoisotopic (exact) mass is 448 g/mol. The molecule has 0 saturated heterocycles. The molecule has 164 valence electrons. The predicted molar refractivity (Wildman–Crippen MR) is 124 cm³/mol. The number of ketones is 1. The first kappa shape index (κ1) is 26.0. The van der Waals surface area contributed by atoms with Gasteiger partial charge in [0.15, 0.2) is 5.78 Å². The van der Waals surface area contributed by atoms with Gasteiger partial charge in [-0.2, -0.15) is 0 Å². The van der Waals surface area contributed by atoms with E-state index in [0.717, 1.165) is 22.1 Å². The van der Waals surface area contributed by atoms with Gasteiger partial charge in [-0.1, -0.05) is 32.1 Å². The Kier molecular flexibility index (Phi) is 9.40. The molecular weight excluding hydrogens is 422 g/mol. The molecule has 0 radical (unpaired) electrons. The van der Waals surface area contributed by atoms with Crippen molar-refractivity contribution >= 4 is 52.3 Å². The van der Waals surface area contributed by atoms with Crippen molar-refractivity contribution in [1.29, 1.82) is 0 Å². The summed E-state index contributed by atoms with van der Waals surface area (Å²) < 4.78 is 19.4. The maximum atomic E-state index is 13.3. The first-order valence-electron chi connectivity index (χ1n) is 10.1.